The number of carbonyl (C=O) groups is 2. The number of phenols is 1. The lowest BCUT2D eigenvalue weighted by Crippen LogP contribution is -2.10. The van der Waals surface area contributed by atoms with Crippen LogP contribution in [0.25, 0.3) is 0 Å². The number of carboxylic acid groups (broad SMARTS) is 1. The van der Waals surface area contributed by atoms with E-state index in [9.17, 15) is 14.7 Å². The lowest BCUT2D eigenvalue weighted by atomic mass is 9.97. The molecule has 2 aromatic rings. The maximum Gasteiger partial charge on any atom is 0.336 e. The normalized spacial score (nSPS) is 10.1. The minimum Gasteiger partial charge on any atom is -0.507 e. The van der Waals surface area contributed by atoms with Gasteiger partial charge in [0, 0.05) is 5.56 Å². The average Bonchev–Trinajstić information content (AvgIpc) is 2.46. The summed E-state index contributed by atoms with van der Waals surface area (Å²) in [6, 6.07) is 10.1. The molecule has 0 aliphatic rings. The van der Waals surface area contributed by atoms with E-state index in [2.05, 4.69) is 0 Å². The molecule has 0 saturated carbocycles. The van der Waals surface area contributed by atoms with Crippen molar-refractivity contribution in [2.75, 3.05) is 7.11 Å². The third-order valence-electron chi connectivity index (χ3n) is 2.85. The third kappa shape index (κ3) is 2.47. The van der Waals surface area contributed by atoms with Crippen LogP contribution in [0.2, 0.25) is 0 Å². The first-order valence-electron chi connectivity index (χ1n) is 5.78. The van der Waals surface area contributed by atoms with E-state index in [0.29, 0.717) is 5.75 Å². The maximum atomic E-state index is 12.4. The molecule has 0 spiro atoms. The Morgan fingerprint density at radius 1 is 1.00 bits per heavy atom. The average molecular weight is 272 g/mol. The molecule has 5 heteroatoms. The smallest absolute Gasteiger partial charge is 0.336 e. The Hall–Kier alpha value is -2.82. The van der Waals surface area contributed by atoms with Crippen LogP contribution < -0.4 is 4.74 Å². The fraction of sp³-hybridized carbons (Fsp3) is 0.0667. The van der Waals surface area contributed by atoms with Crippen LogP contribution in [-0.2, 0) is 0 Å². The second-order valence-corrected chi connectivity index (χ2v) is 4.06. The first-order valence-corrected chi connectivity index (χ1v) is 5.78. The molecule has 0 heterocycles. The molecule has 20 heavy (non-hydrogen) atoms. The highest BCUT2D eigenvalue weighted by atomic mass is 16.5. The van der Waals surface area contributed by atoms with Gasteiger partial charge < -0.3 is 14.9 Å². The molecule has 0 aliphatic carbocycles. The Balaban J connectivity index is 2.59. The van der Waals surface area contributed by atoms with Crippen LogP contribution in [-0.4, -0.2) is 29.1 Å². The SMILES string of the molecule is COc1ccc(C(=O)O)c(C(=O)c2ccccc2O)c1. The second kappa shape index (κ2) is 5.44. The largest absolute Gasteiger partial charge is 0.507 e. The van der Waals surface area contributed by atoms with Gasteiger partial charge in [-0.2, -0.15) is 0 Å². The summed E-state index contributed by atoms with van der Waals surface area (Å²) in [5.41, 5.74) is -0.124. The van der Waals surface area contributed by atoms with Crippen molar-refractivity contribution in [3.63, 3.8) is 0 Å². The van der Waals surface area contributed by atoms with Crippen molar-refractivity contribution in [2.45, 2.75) is 0 Å². The van der Waals surface area contributed by atoms with Gasteiger partial charge in [0.05, 0.1) is 18.2 Å². The molecule has 0 unspecified atom stereocenters. The number of benzene rings is 2. The first-order chi connectivity index (χ1) is 9.54. The lowest BCUT2D eigenvalue weighted by Gasteiger charge is -2.09. The number of carboxylic acids is 1. The fourth-order valence-corrected chi connectivity index (χ4v) is 1.84. The monoisotopic (exact) mass is 272 g/mol. The van der Waals surface area contributed by atoms with Gasteiger partial charge >= 0.3 is 5.97 Å². The molecule has 0 aromatic heterocycles. The third-order valence-corrected chi connectivity index (χ3v) is 2.85. The standard InChI is InChI=1S/C15H12O5/c1-20-9-6-7-10(15(18)19)12(8-9)14(17)11-4-2-3-5-13(11)16/h2-8,16H,1H3,(H,18,19). The van der Waals surface area contributed by atoms with E-state index >= 15 is 0 Å². The van der Waals surface area contributed by atoms with Gasteiger partial charge in [-0.15, -0.1) is 0 Å². The highest BCUT2D eigenvalue weighted by Crippen LogP contribution is 2.25. The fourth-order valence-electron chi connectivity index (χ4n) is 1.84. The van der Waals surface area contributed by atoms with Crippen molar-refractivity contribution < 1.29 is 24.5 Å². The maximum absolute atomic E-state index is 12.4. The zero-order chi connectivity index (χ0) is 14.7. The number of hydrogen-bond acceptors (Lipinski definition) is 4. The predicted molar refractivity (Wildman–Crippen MR) is 71.5 cm³/mol. The van der Waals surface area contributed by atoms with Gasteiger partial charge in [0.2, 0.25) is 0 Å². The molecule has 0 bridgehead atoms. The summed E-state index contributed by atoms with van der Waals surface area (Å²) in [4.78, 5) is 23.6. The van der Waals surface area contributed by atoms with Gasteiger partial charge in [-0.3, -0.25) is 4.79 Å². The van der Waals surface area contributed by atoms with Crippen LogP contribution >= 0.6 is 0 Å². The summed E-state index contributed by atoms with van der Waals surface area (Å²) in [6.07, 6.45) is 0. The number of rotatable bonds is 4. The van der Waals surface area contributed by atoms with Crippen molar-refractivity contribution in [1.29, 1.82) is 0 Å². The molecule has 0 saturated heterocycles. The first kappa shape index (κ1) is 13.6. The van der Waals surface area contributed by atoms with Crippen LogP contribution in [0.5, 0.6) is 11.5 Å². The van der Waals surface area contributed by atoms with E-state index < -0.39 is 11.8 Å². The molecule has 0 aliphatic heterocycles. The number of ether oxygens (including phenoxy) is 1. The Labute approximate surface area is 115 Å². The summed E-state index contributed by atoms with van der Waals surface area (Å²) in [6.45, 7) is 0. The number of ketones is 1. The summed E-state index contributed by atoms with van der Waals surface area (Å²) in [5, 5.41) is 18.8. The van der Waals surface area contributed by atoms with Gasteiger partial charge in [-0.1, -0.05) is 12.1 Å². The van der Waals surface area contributed by atoms with E-state index in [4.69, 9.17) is 9.84 Å². The quantitative estimate of drug-likeness (QED) is 0.834. The van der Waals surface area contributed by atoms with E-state index in [1.165, 1.54) is 37.4 Å². The number of phenolic OH excluding ortho intramolecular Hbond substituents is 1. The highest BCUT2D eigenvalue weighted by Gasteiger charge is 2.20. The van der Waals surface area contributed by atoms with Crippen LogP contribution in [0, 0.1) is 0 Å². The van der Waals surface area contributed by atoms with E-state index in [1.54, 1.807) is 12.1 Å². The van der Waals surface area contributed by atoms with Crippen LogP contribution in [0.15, 0.2) is 42.5 Å². The number of aromatic carboxylic acids is 1. The molecular formula is C15H12O5. The van der Waals surface area contributed by atoms with Gasteiger partial charge in [0.15, 0.2) is 5.78 Å². The van der Waals surface area contributed by atoms with Crippen molar-refractivity contribution in [3.8, 4) is 11.5 Å². The zero-order valence-electron chi connectivity index (χ0n) is 10.7. The minimum absolute atomic E-state index is 0.0293. The Morgan fingerprint density at radius 3 is 2.30 bits per heavy atom. The van der Waals surface area contributed by atoms with Gasteiger partial charge in [-0.05, 0) is 30.3 Å². The van der Waals surface area contributed by atoms with Crippen molar-refractivity contribution in [2.24, 2.45) is 0 Å². The van der Waals surface area contributed by atoms with Crippen LogP contribution in [0.3, 0.4) is 0 Å². The minimum atomic E-state index is -1.22. The molecule has 2 N–H and O–H groups in total. The molecule has 0 amide bonds. The summed E-state index contributed by atoms with van der Waals surface area (Å²) < 4.78 is 5.00. The van der Waals surface area contributed by atoms with E-state index in [0.717, 1.165) is 0 Å². The number of methoxy groups -OCH3 is 1. The summed E-state index contributed by atoms with van der Waals surface area (Å²) >= 11 is 0. The van der Waals surface area contributed by atoms with Crippen LogP contribution in [0.4, 0.5) is 0 Å². The number of carbonyl (C=O) groups excluding carboxylic acids is 1. The van der Waals surface area contributed by atoms with Crippen molar-refractivity contribution >= 4 is 11.8 Å². The lowest BCUT2D eigenvalue weighted by molar-refractivity contribution is 0.0692. The number of aromatic hydroxyl groups is 1. The zero-order valence-corrected chi connectivity index (χ0v) is 10.7. The topological polar surface area (TPSA) is 83.8 Å². The van der Waals surface area contributed by atoms with Gasteiger partial charge in [0.25, 0.3) is 0 Å². The molecule has 102 valence electrons. The molecule has 2 rings (SSSR count). The van der Waals surface area contributed by atoms with E-state index in [-0.39, 0.29) is 22.4 Å². The molecule has 0 atom stereocenters. The Kier molecular flexibility index (Phi) is 3.70. The van der Waals surface area contributed by atoms with Crippen LogP contribution in [0.1, 0.15) is 26.3 Å². The number of hydrogen-bond donors (Lipinski definition) is 2. The van der Waals surface area contributed by atoms with Gasteiger partial charge in [-0.25, -0.2) is 4.79 Å². The molecule has 0 radical (unpaired) electrons. The highest BCUT2D eigenvalue weighted by molar-refractivity contribution is 6.15. The van der Waals surface area contributed by atoms with Crippen molar-refractivity contribution in [3.05, 3.63) is 59.2 Å². The van der Waals surface area contributed by atoms with E-state index in [1.807, 2.05) is 0 Å². The summed E-state index contributed by atoms with van der Waals surface area (Å²) in [5.74, 6) is -1.61. The van der Waals surface area contributed by atoms with Crippen molar-refractivity contribution in [1.82, 2.24) is 0 Å². The molecule has 2 aromatic carbocycles. The predicted octanol–water partition coefficient (Wildman–Crippen LogP) is 2.33. The number of para-hydroxylation sites is 1. The molecule has 0 fully saturated rings. The van der Waals surface area contributed by atoms with Gasteiger partial charge in [0.1, 0.15) is 11.5 Å². The molecular weight excluding hydrogens is 260 g/mol. The molecule has 5 nitrogen and oxygen atoms in total. The second-order valence-electron chi connectivity index (χ2n) is 4.06. The Morgan fingerprint density at radius 2 is 1.70 bits per heavy atom. The summed E-state index contributed by atoms with van der Waals surface area (Å²) in [7, 11) is 1.42. The Bertz CT molecular complexity index is 676.